The summed E-state index contributed by atoms with van der Waals surface area (Å²) in [5.41, 5.74) is 3.17. The lowest BCUT2D eigenvalue weighted by Gasteiger charge is -2.12. The minimum atomic E-state index is -0.357. The SMILES string of the molecule is COc1ccc(C)cc1NC(=O)CNc1ccc(C(=O)NCc2ccccc2F)cc1. The van der Waals surface area contributed by atoms with Crippen LogP contribution in [0.2, 0.25) is 0 Å². The Morgan fingerprint density at radius 3 is 2.45 bits per heavy atom. The van der Waals surface area contributed by atoms with Gasteiger partial charge in [-0.15, -0.1) is 0 Å². The fourth-order valence-electron chi connectivity index (χ4n) is 2.96. The quantitative estimate of drug-likeness (QED) is 0.511. The molecule has 3 aromatic carbocycles. The van der Waals surface area contributed by atoms with Crippen LogP contribution in [0, 0.1) is 12.7 Å². The molecule has 7 heteroatoms. The second-order valence-corrected chi connectivity index (χ2v) is 6.96. The molecule has 0 atom stereocenters. The van der Waals surface area contributed by atoms with E-state index >= 15 is 0 Å². The predicted molar refractivity (Wildman–Crippen MR) is 119 cm³/mol. The molecule has 0 heterocycles. The third kappa shape index (κ3) is 6.05. The number of methoxy groups -OCH3 is 1. The van der Waals surface area contributed by atoms with Gasteiger partial charge in [0.05, 0.1) is 19.3 Å². The molecular formula is C24H24FN3O3. The van der Waals surface area contributed by atoms with E-state index in [9.17, 15) is 14.0 Å². The van der Waals surface area contributed by atoms with Crippen molar-refractivity contribution in [2.24, 2.45) is 0 Å². The Labute approximate surface area is 180 Å². The van der Waals surface area contributed by atoms with E-state index in [0.717, 1.165) is 5.56 Å². The summed E-state index contributed by atoms with van der Waals surface area (Å²) >= 11 is 0. The van der Waals surface area contributed by atoms with Crippen molar-refractivity contribution in [3.63, 3.8) is 0 Å². The first-order chi connectivity index (χ1) is 15.0. The van der Waals surface area contributed by atoms with E-state index < -0.39 is 0 Å². The molecule has 0 radical (unpaired) electrons. The number of benzene rings is 3. The number of hydrogen-bond acceptors (Lipinski definition) is 4. The van der Waals surface area contributed by atoms with E-state index in [-0.39, 0.29) is 30.7 Å². The third-order valence-electron chi connectivity index (χ3n) is 4.63. The Bertz CT molecular complexity index is 1070. The first-order valence-corrected chi connectivity index (χ1v) is 9.76. The minimum absolute atomic E-state index is 0.0515. The maximum atomic E-state index is 13.6. The van der Waals surface area contributed by atoms with Gasteiger partial charge < -0.3 is 20.7 Å². The Kier molecular flexibility index (Phi) is 7.22. The second-order valence-electron chi connectivity index (χ2n) is 6.96. The van der Waals surface area contributed by atoms with Gasteiger partial charge in [-0.25, -0.2) is 4.39 Å². The smallest absolute Gasteiger partial charge is 0.251 e. The Hall–Kier alpha value is -3.87. The first kappa shape index (κ1) is 21.8. The van der Waals surface area contributed by atoms with Crippen molar-refractivity contribution in [2.45, 2.75) is 13.5 Å². The van der Waals surface area contributed by atoms with Crippen LogP contribution in [0.5, 0.6) is 5.75 Å². The van der Waals surface area contributed by atoms with Crippen LogP contribution < -0.4 is 20.7 Å². The highest BCUT2D eigenvalue weighted by Gasteiger charge is 2.09. The van der Waals surface area contributed by atoms with Gasteiger partial charge in [-0.2, -0.15) is 0 Å². The van der Waals surface area contributed by atoms with Crippen LogP contribution in [0.15, 0.2) is 66.7 Å². The highest BCUT2D eigenvalue weighted by Crippen LogP contribution is 2.25. The number of amides is 2. The largest absolute Gasteiger partial charge is 0.495 e. The molecule has 31 heavy (non-hydrogen) atoms. The van der Waals surface area contributed by atoms with Crippen molar-refractivity contribution in [3.8, 4) is 5.75 Å². The van der Waals surface area contributed by atoms with Crippen molar-refractivity contribution >= 4 is 23.2 Å². The summed E-state index contributed by atoms with van der Waals surface area (Å²) < 4.78 is 18.9. The van der Waals surface area contributed by atoms with Gasteiger partial charge in [0.2, 0.25) is 5.91 Å². The van der Waals surface area contributed by atoms with E-state index in [1.165, 1.54) is 6.07 Å². The molecule has 0 aliphatic carbocycles. The van der Waals surface area contributed by atoms with Gasteiger partial charge >= 0.3 is 0 Å². The number of rotatable bonds is 8. The molecule has 2 amide bonds. The fourth-order valence-corrected chi connectivity index (χ4v) is 2.96. The summed E-state index contributed by atoms with van der Waals surface area (Å²) in [6, 6.07) is 18.5. The zero-order chi connectivity index (χ0) is 22.2. The van der Waals surface area contributed by atoms with Crippen LogP contribution >= 0.6 is 0 Å². The molecule has 0 aliphatic rings. The Morgan fingerprint density at radius 1 is 1.00 bits per heavy atom. The average molecular weight is 421 g/mol. The van der Waals surface area contributed by atoms with E-state index in [2.05, 4.69) is 16.0 Å². The van der Waals surface area contributed by atoms with Crippen LogP contribution in [-0.2, 0) is 11.3 Å². The van der Waals surface area contributed by atoms with Gasteiger partial charge in [0.1, 0.15) is 11.6 Å². The van der Waals surface area contributed by atoms with Crippen LogP contribution in [0.4, 0.5) is 15.8 Å². The zero-order valence-electron chi connectivity index (χ0n) is 17.4. The molecule has 3 aromatic rings. The number of carbonyl (C=O) groups excluding carboxylic acids is 2. The molecule has 0 aromatic heterocycles. The number of aryl methyl sites for hydroxylation is 1. The normalized spacial score (nSPS) is 10.3. The third-order valence-corrected chi connectivity index (χ3v) is 4.63. The molecule has 3 N–H and O–H groups in total. The number of nitrogens with one attached hydrogen (secondary N) is 3. The van der Waals surface area contributed by atoms with E-state index in [1.807, 2.05) is 19.1 Å². The second kappa shape index (κ2) is 10.2. The number of anilines is 2. The van der Waals surface area contributed by atoms with Gasteiger partial charge in [0.15, 0.2) is 0 Å². The van der Waals surface area contributed by atoms with Crippen LogP contribution in [-0.4, -0.2) is 25.5 Å². The molecule has 0 saturated heterocycles. The maximum Gasteiger partial charge on any atom is 0.251 e. The fraction of sp³-hybridized carbons (Fsp3) is 0.167. The van der Waals surface area contributed by atoms with Crippen molar-refractivity contribution in [2.75, 3.05) is 24.3 Å². The number of hydrogen-bond donors (Lipinski definition) is 3. The van der Waals surface area contributed by atoms with E-state index in [0.29, 0.717) is 28.3 Å². The molecule has 0 spiro atoms. The van der Waals surface area contributed by atoms with Gasteiger partial charge in [0, 0.05) is 23.4 Å². The van der Waals surface area contributed by atoms with Gasteiger partial charge in [0.25, 0.3) is 5.91 Å². The first-order valence-electron chi connectivity index (χ1n) is 9.76. The molecule has 160 valence electrons. The summed E-state index contributed by atoms with van der Waals surface area (Å²) in [5.74, 6) is -0.302. The highest BCUT2D eigenvalue weighted by molar-refractivity contribution is 5.96. The van der Waals surface area contributed by atoms with E-state index in [1.54, 1.807) is 55.6 Å². The summed E-state index contributed by atoms with van der Waals surface area (Å²) in [6.45, 7) is 2.09. The molecule has 0 fully saturated rings. The van der Waals surface area contributed by atoms with Crippen molar-refractivity contribution in [1.82, 2.24) is 5.32 Å². The predicted octanol–water partition coefficient (Wildman–Crippen LogP) is 4.12. The number of halogens is 1. The summed E-state index contributed by atoms with van der Waals surface area (Å²) in [7, 11) is 1.55. The molecule has 0 saturated carbocycles. The van der Waals surface area contributed by atoms with Crippen molar-refractivity contribution in [1.29, 1.82) is 0 Å². The molecule has 0 aliphatic heterocycles. The van der Waals surface area contributed by atoms with Crippen molar-refractivity contribution < 1.29 is 18.7 Å². The summed E-state index contributed by atoms with van der Waals surface area (Å²) in [4.78, 5) is 24.5. The zero-order valence-corrected chi connectivity index (χ0v) is 17.4. The Morgan fingerprint density at radius 2 is 1.74 bits per heavy atom. The number of carbonyl (C=O) groups is 2. The van der Waals surface area contributed by atoms with Gasteiger partial charge in [-0.3, -0.25) is 9.59 Å². The van der Waals surface area contributed by atoms with E-state index in [4.69, 9.17) is 4.74 Å². The lowest BCUT2D eigenvalue weighted by molar-refractivity contribution is -0.114. The molecule has 0 bridgehead atoms. The number of ether oxygens (including phenoxy) is 1. The lowest BCUT2D eigenvalue weighted by Crippen LogP contribution is -2.23. The summed E-state index contributed by atoms with van der Waals surface area (Å²) in [6.07, 6.45) is 0. The monoisotopic (exact) mass is 421 g/mol. The van der Waals surface area contributed by atoms with Crippen LogP contribution in [0.25, 0.3) is 0 Å². The maximum absolute atomic E-state index is 13.6. The van der Waals surface area contributed by atoms with Gasteiger partial charge in [-0.1, -0.05) is 24.3 Å². The van der Waals surface area contributed by atoms with Crippen LogP contribution in [0.3, 0.4) is 0 Å². The van der Waals surface area contributed by atoms with Crippen molar-refractivity contribution in [3.05, 3.63) is 89.2 Å². The topological polar surface area (TPSA) is 79.5 Å². The average Bonchev–Trinajstić information content (AvgIpc) is 2.77. The van der Waals surface area contributed by atoms with Gasteiger partial charge in [-0.05, 0) is 55.0 Å². The molecule has 3 rings (SSSR count). The molecule has 0 unspecified atom stereocenters. The highest BCUT2D eigenvalue weighted by atomic mass is 19.1. The standard InChI is InChI=1S/C24H24FN3O3/c1-16-7-12-22(31-2)21(13-16)28-23(29)15-26-19-10-8-17(9-11-19)24(30)27-14-18-5-3-4-6-20(18)25/h3-13,26H,14-15H2,1-2H3,(H,27,30)(H,28,29). The Balaban J connectivity index is 1.51. The van der Waals surface area contributed by atoms with Crippen LogP contribution in [0.1, 0.15) is 21.5 Å². The lowest BCUT2D eigenvalue weighted by atomic mass is 10.1. The minimum Gasteiger partial charge on any atom is -0.495 e. The summed E-state index contributed by atoms with van der Waals surface area (Å²) in [5, 5.41) is 8.52. The molecule has 6 nitrogen and oxygen atoms in total. The molecular weight excluding hydrogens is 397 g/mol.